The van der Waals surface area contributed by atoms with Crippen LogP contribution in [0, 0.1) is 18.3 Å². The first-order valence-electron chi connectivity index (χ1n) is 13.4. The van der Waals surface area contributed by atoms with Crippen LogP contribution in [0.15, 0.2) is 72.9 Å². The van der Waals surface area contributed by atoms with Gasteiger partial charge in [-0.1, -0.05) is 24.3 Å². The van der Waals surface area contributed by atoms with E-state index in [0.29, 0.717) is 42.8 Å². The van der Waals surface area contributed by atoms with E-state index in [0.717, 1.165) is 27.8 Å². The predicted molar refractivity (Wildman–Crippen MR) is 156 cm³/mol. The maximum Gasteiger partial charge on any atom is 0.303 e. The summed E-state index contributed by atoms with van der Waals surface area (Å²) in [5.41, 5.74) is 3.90. The molecule has 3 aromatic carbocycles. The number of ether oxygens (including phenoxy) is 1. The minimum atomic E-state index is -0.884. The fourth-order valence-corrected chi connectivity index (χ4v) is 4.61. The minimum absolute atomic E-state index is 0.0138. The van der Waals surface area contributed by atoms with Gasteiger partial charge in [-0.05, 0) is 80.3 Å². The van der Waals surface area contributed by atoms with E-state index in [2.05, 4.69) is 16.7 Å². The van der Waals surface area contributed by atoms with Crippen molar-refractivity contribution in [3.63, 3.8) is 0 Å². The number of benzene rings is 3. The molecular formula is C32H32N4O5. The number of para-hydroxylation sites is 1. The first-order chi connectivity index (χ1) is 19.8. The molecule has 3 N–H and O–H groups in total. The summed E-state index contributed by atoms with van der Waals surface area (Å²) in [6, 6.07) is 21.3. The molecule has 0 aliphatic heterocycles. The topological polar surface area (TPSA) is 133 Å². The van der Waals surface area contributed by atoms with Crippen LogP contribution in [0.1, 0.15) is 52.9 Å². The summed E-state index contributed by atoms with van der Waals surface area (Å²) in [5.74, 6) is -0.637. The molecule has 9 nitrogen and oxygen atoms in total. The van der Waals surface area contributed by atoms with E-state index in [1.807, 2.05) is 60.2 Å². The highest BCUT2D eigenvalue weighted by Crippen LogP contribution is 2.27. The number of aromatic nitrogens is 1. The quantitative estimate of drug-likeness (QED) is 0.206. The van der Waals surface area contributed by atoms with Crippen molar-refractivity contribution >= 4 is 34.4 Å². The summed E-state index contributed by atoms with van der Waals surface area (Å²) < 4.78 is 7.48. The Kier molecular flexibility index (Phi) is 9.38. The summed E-state index contributed by atoms with van der Waals surface area (Å²) >= 11 is 0. The molecule has 4 rings (SSSR count). The Hall–Kier alpha value is -5.10. The molecule has 0 saturated heterocycles. The molecule has 0 saturated carbocycles. The number of carbonyl (C=O) groups is 3. The van der Waals surface area contributed by atoms with Gasteiger partial charge in [-0.15, -0.1) is 0 Å². The molecule has 0 aliphatic carbocycles. The largest absolute Gasteiger partial charge is 0.492 e. The Balaban J connectivity index is 1.45. The van der Waals surface area contributed by atoms with Crippen LogP contribution >= 0.6 is 0 Å². The fraction of sp³-hybridized carbons (Fsp3) is 0.250. The number of anilines is 1. The predicted octanol–water partition coefficient (Wildman–Crippen LogP) is 5.24. The summed E-state index contributed by atoms with van der Waals surface area (Å²) in [7, 11) is 0. The van der Waals surface area contributed by atoms with E-state index >= 15 is 0 Å². The number of fused-ring (bicyclic) bond motifs is 1. The van der Waals surface area contributed by atoms with Gasteiger partial charge in [0.2, 0.25) is 5.91 Å². The number of hydrogen-bond acceptors (Lipinski definition) is 5. The van der Waals surface area contributed by atoms with Crippen LogP contribution in [0.4, 0.5) is 5.69 Å². The lowest BCUT2D eigenvalue weighted by Crippen LogP contribution is -2.28. The third-order valence-electron chi connectivity index (χ3n) is 6.82. The van der Waals surface area contributed by atoms with E-state index in [-0.39, 0.29) is 18.2 Å². The number of nitrogens with zero attached hydrogens (tertiary/aromatic N) is 2. The Morgan fingerprint density at radius 3 is 2.59 bits per heavy atom. The second-order valence-corrected chi connectivity index (χ2v) is 9.76. The zero-order valence-corrected chi connectivity index (χ0v) is 23.0. The number of rotatable bonds is 12. The number of aliphatic carboxylic acids is 1. The van der Waals surface area contributed by atoms with Gasteiger partial charge in [-0.25, -0.2) is 0 Å². The van der Waals surface area contributed by atoms with Crippen molar-refractivity contribution in [1.29, 1.82) is 5.26 Å². The maximum absolute atomic E-state index is 13.3. The normalized spacial score (nSPS) is 11.4. The van der Waals surface area contributed by atoms with Crippen molar-refractivity contribution in [3.8, 4) is 11.8 Å². The third kappa shape index (κ3) is 7.31. The number of carboxylic acids is 1. The standard InChI is InChI=1S/C32H32N4O5/c1-21-20-36(22(2)31(39)35-28-17-23(19-33)11-12-24(28)7-6-10-30(37)38)29-14-13-25(18-27(21)29)32(40)34-15-16-41-26-8-4-3-5-9-26/h3-5,8-9,11-14,17-18,20,22H,6-7,10,15-16H2,1-2H3,(H,34,40)(H,35,39)(H,37,38). The van der Waals surface area contributed by atoms with Gasteiger partial charge in [0.05, 0.1) is 18.2 Å². The molecule has 0 spiro atoms. The third-order valence-corrected chi connectivity index (χ3v) is 6.82. The maximum atomic E-state index is 13.3. The molecule has 1 unspecified atom stereocenters. The smallest absolute Gasteiger partial charge is 0.303 e. The van der Waals surface area contributed by atoms with Gasteiger partial charge in [0.25, 0.3) is 5.91 Å². The second-order valence-electron chi connectivity index (χ2n) is 9.76. The van der Waals surface area contributed by atoms with Crippen molar-refractivity contribution in [3.05, 3.63) is 95.2 Å². The van der Waals surface area contributed by atoms with Crippen LogP contribution in [0.5, 0.6) is 5.75 Å². The van der Waals surface area contributed by atoms with Gasteiger partial charge >= 0.3 is 5.97 Å². The minimum Gasteiger partial charge on any atom is -0.492 e. The highest BCUT2D eigenvalue weighted by Gasteiger charge is 2.20. The van der Waals surface area contributed by atoms with Gasteiger partial charge in [0, 0.05) is 34.8 Å². The zero-order valence-electron chi connectivity index (χ0n) is 23.0. The lowest BCUT2D eigenvalue weighted by atomic mass is 10.0. The van der Waals surface area contributed by atoms with Crippen LogP contribution in [0.2, 0.25) is 0 Å². The van der Waals surface area contributed by atoms with Crippen molar-refractivity contribution in [1.82, 2.24) is 9.88 Å². The van der Waals surface area contributed by atoms with E-state index in [1.165, 1.54) is 0 Å². The fourth-order valence-electron chi connectivity index (χ4n) is 4.61. The lowest BCUT2D eigenvalue weighted by molar-refractivity contribution is -0.137. The summed E-state index contributed by atoms with van der Waals surface area (Å²) in [5, 5.41) is 25.0. The van der Waals surface area contributed by atoms with Crippen molar-refractivity contribution in [2.24, 2.45) is 0 Å². The molecular weight excluding hydrogens is 520 g/mol. The van der Waals surface area contributed by atoms with Crippen molar-refractivity contribution in [2.45, 2.75) is 39.2 Å². The number of nitriles is 1. The molecule has 41 heavy (non-hydrogen) atoms. The van der Waals surface area contributed by atoms with E-state index < -0.39 is 12.0 Å². The average molecular weight is 553 g/mol. The number of carboxylic acid groups (broad SMARTS) is 1. The Morgan fingerprint density at radius 2 is 1.85 bits per heavy atom. The Labute approximate surface area is 238 Å². The Morgan fingerprint density at radius 1 is 1.07 bits per heavy atom. The molecule has 0 fully saturated rings. The molecule has 9 heteroatoms. The second kappa shape index (κ2) is 13.3. The number of aryl methyl sites for hydroxylation is 2. The van der Waals surface area contributed by atoms with Crippen LogP contribution in [0.25, 0.3) is 10.9 Å². The molecule has 0 aliphatic rings. The summed E-state index contributed by atoms with van der Waals surface area (Å²) in [4.78, 5) is 37.0. The van der Waals surface area contributed by atoms with Crippen molar-refractivity contribution < 1.29 is 24.2 Å². The summed E-state index contributed by atoms with van der Waals surface area (Å²) in [6.07, 6.45) is 2.76. The Bertz CT molecular complexity index is 1600. The molecule has 1 heterocycles. The van der Waals surface area contributed by atoms with Gasteiger partial charge in [0.1, 0.15) is 18.4 Å². The molecule has 0 radical (unpaired) electrons. The summed E-state index contributed by atoms with van der Waals surface area (Å²) in [6.45, 7) is 4.41. The van der Waals surface area contributed by atoms with Crippen LogP contribution < -0.4 is 15.4 Å². The van der Waals surface area contributed by atoms with Gasteiger partial charge < -0.3 is 25.0 Å². The highest BCUT2D eigenvalue weighted by atomic mass is 16.5. The molecule has 1 aromatic heterocycles. The number of amides is 2. The van der Waals surface area contributed by atoms with E-state index in [4.69, 9.17) is 9.84 Å². The molecule has 2 amide bonds. The molecule has 210 valence electrons. The molecule has 1 atom stereocenters. The van der Waals surface area contributed by atoms with E-state index in [1.54, 1.807) is 31.2 Å². The molecule has 4 aromatic rings. The average Bonchev–Trinajstić information content (AvgIpc) is 3.31. The van der Waals surface area contributed by atoms with Crippen LogP contribution in [0.3, 0.4) is 0 Å². The van der Waals surface area contributed by atoms with Crippen LogP contribution in [-0.4, -0.2) is 40.6 Å². The first kappa shape index (κ1) is 28.9. The molecule has 0 bridgehead atoms. The SMILES string of the molecule is Cc1cn(C(C)C(=O)Nc2cc(C#N)ccc2CCCC(=O)O)c2ccc(C(=O)NCCOc3ccccc3)cc12. The van der Waals surface area contributed by atoms with Crippen LogP contribution in [-0.2, 0) is 16.0 Å². The number of nitrogens with one attached hydrogen (secondary N) is 2. The zero-order chi connectivity index (χ0) is 29.4. The number of hydrogen-bond donors (Lipinski definition) is 3. The number of carbonyl (C=O) groups excluding carboxylic acids is 2. The highest BCUT2D eigenvalue weighted by molar-refractivity contribution is 6.00. The van der Waals surface area contributed by atoms with E-state index in [9.17, 15) is 19.6 Å². The lowest BCUT2D eigenvalue weighted by Gasteiger charge is -2.18. The van der Waals surface area contributed by atoms with Gasteiger partial charge in [0.15, 0.2) is 0 Å². The van der Waals surface area contributed by atoms with Gasteiger partial charge in [-0.3, -0.25) is 14.4 Å². The monoisotopic (exact) mass is 552 g/mol. The van der Waals surface area contributed by atoms with Crippen molar-refractivity contribution in [2.75, 3.05) is 18.5 Å². The van der Waals surface area contributed by atoms with Gasteiger partial charge in [-0.2, -0.15) is 5.26 Å². The first-order valence-corrected chi connectivity index (χ1v) is 13.4.